The monoisotopic (exact) mass is 339 g/mol. The highest BCUT2D eigenvalue weighted by atomic mass is 16.3. The summed E-state index contributed by atoms with van der Waals surface area (Å²) in [6.45, 7) is 11.5. The number of hydrogen-bond acceptors (Lipinski definition) is 5. The second-order valence-corrected chi connectivity index (χ2v) is 5.37. The summed E-state index contributed by atoms with van der Waals surface area (Å²) in [6.07, 6.45) is 8.92. The molecular weight excluding hydrogens is 314 g/mol. The van der Waals surface area contributed by atoms with E-state index in [0.29, 0.717) is 24.4 Å². The molecule has 0 saturated heterocycles. The molecule has 0 heterocycles. The van der Waals surface area contributed by atoms with Crippen molar-refractivity contribution >= 4 is 11.5 Å². The summed E-state index contributed by atoms with van der Waals surface area (Å²) in [7, 11) is 0. The second-order valence-electron chi connectivity index (χ2n) is 5.37. The van der Waals surface area contributed by atoms with Gasteiger partial charge in [0.25, 0.3) is 0 Å². The number of Topliss-reactive ketones (excluding diaryl/α,β-unsaturated/α-hetero) is 1. The van der Waals surface area contributed by atoms with Gasteiger partial charge in [-0.3, -0.25) is 4.79 Å². The third-order valence-electron chi connectivity index (χ3n) is 3.39. The number of nitrogens with zero attached hydrogens (tertiary/aromatic N) is 2. The maximum Gasteiger partial charge on any atom is 0.147 e. The van der Waals surface area contributed by atoms with Crippen LogP contribution in [0.2, 0.25) is 0 Å². The number of carbonyl (C=O) groups excluding carboxylic acids is 1. The Morgan fingerprint density at radius 2 is 2.12 bits per heavy atom. The number of azo groups is 1. The van der Waals surface area contributed by atoms with Gasteiger partial charge in [0.1, 0.15) is 17.2 Å². The number of ketones is 1. The first-order chi connectivity index (χ1) is 12.0. The topological polar surface area (TPSA) is 74.0 Å². The fourth-order valence-corrected chi connectivity index (χ4v) is 2.14. The minimum atomic E-state index is -0.258. The van der Waals surface area contributed by atoms with Gasteiger partial charge in [0.15, 0.2) is 0 Å². The lowest BCUT2D eigenvalue weighted by Crippen LogP contribution is -2.37. The van der Waals surface area contributed by atoms with Crippen LogP contribution in [-0.4, -0.2) is 23.5 Å². The van der Waals surface area contributed by atoms with E-state index in [9.17, 15) is 9.90 Å². The third-order valence-corrected chi connectivity index (χ3v) is 3.39. The predicted molar refractivity (Wildman–Crippen MR) is 102 cm³/mol. The van der Waals surface area contributed by atoms with Crippen molar-refractivity contribution in [3.05, 3.63) is 73.0 Å². The van der Waals surface area contributed by atoms with Crippen LogP contribution in [0.4, 0.5) is 5.69 Å². The Balaban J connectivity index is 3.04. The minimum absolute atomic E-state index is 0.0287. The molecule has 1 aromatic carbocycles. The highest BCUT2D eigenvalue weighted by molar-refractivity contribution is 5.81. The lowest BCUT2D eigenvalue weighted by molar-refractivity contribution is -0.118. The summed E-state index contributed by atoms with van der Waals surface area (Å²) in [5.41, 5.74) is 1.82. The van der Waals surface area contributed by atoms with E-state index in [-0.39, 0.29) is 17.6 Å². The molecule has 0 aliphatic rings. The Labute approximate surface area is 149 Å². The molecule has 1 atom stereocenters. The zero-order valence-corrected chi connectivity index (χ0v) is 14.8. The molecule has 2 N–H and O–H groups in total. The average Bonchev–Trinajstić information content (AvgIpc) is 2.59. The number of rotatable bonds is 10. The molecule has 1 unspecified atom stereocenters. The van der Waals surface area contributed by atoms with Crippen LogP contribution in [0.25, 0.3) is 0 Å². The molecule has 0 fully saturated rings. The summed E-state index contributed by atoms with van der Waals surface area (Å²) >= 11 is 0. The Bertz CT molecular complexity index is 703. The van der Waals surface area contributed by atoms with Gasteiger partial charge in [0.05, 0.1) is 11.7 Å². The molecule has 5 nitrogen and oxygen atoms in total. The molecule has 0 amide bonds. The predicted octanol–water partition coefficient (Wildman–Crippen LogP) is 4.40. The Morgan fingerprint density at radius 3 is 2.72 bits per heavy atom. The van der Waals surface area contributed by atoms with Gasteiger partial charge >= 0.3 is 0 Å². The molecule has 1 aromatic rings. The molecule has 0 saturated carbocycles. The van der Waals surface area contributed by atoms with Gasteiger partial charge in [0.2, 0.25) is 0 Å². The van der Waals surface area contributed by atoms with Crippen LogP contribution in [-0.2, 0) is 11.2 Å². The molecule has 132 valence electrons. The number of likely N-dealkylation sites (N-methyl/N-ethyl adjacent to an activating group) is 1. The van der Waals surface area contributed by atoms with Gasteiger partial charge in [-0.15, -0.1) is 5.11 Å². The van der Waals surface area contributed by atoms with Gasteiger partial charge in [-0.2, -0.15) is 5.11 Å². The molecule has 25 heavy (non-hydrogen) atoms. The molecular formula is C20H25N3O2. The first kappa shape index (κ1) is 20.3. The molecule has 0 aromatic heterocycles. The molecule has 0 spiro atoms. The van der Waals surface area contributed by atoms with Crippen molar-refractivity contribution in [3.8, 4) is 5.75 Å². The molecule has 0 bridgehead atoms. The number of carbonyl (C=O) groups is 1. The third kappa shape index (κ3) is 7.10. The molecule has 0 radical (unpaired) electrons. The summed E-state index contributed by atoms with van der Waals surface area (Å²) in [4.78, 5) is 11.7. The molecule has 0 aliphatic heterocycles. The largest absolute Gasteiger partial charge is 0.506 e. The number of benzene rings is 1. The fourth-order valence-electron chi connectivity index (χ4n) is 2.14. The van der Waals surface area contributed by atoms with Crippen LogP contribution >= 0.6 is 0 Å². The Kier molecular flexibility index (Phi) is 8.82. The SMILES string of the molecule is C=C/C=C\C(=C/C=C)N=Nc1cc(CC(NCC)C(C)=O)ccc1O. The van der Waals surface area contributed by atoms with Gasteiger partial charge in [-0.25, -0.2) is 0 Å². The average molecular weight is 339 g/mol. The maximum atomic E-state index is 11.7. The lowest BCUT2D eigenvalue weighted by atomic mass is 10.0. The first-order valence-corrected chi connectivity index (χ1v) is 8.11. The maximum absolute atomic E-state index is 11.7. The van der Waals surface area contributed by atoms with E-state index >= 15 is 0 Å². The summed E-state index contributed by atoms with van der Waals surface area (Å²) in [5, 5.41) is 21.4. The van der Waals surface area contributed by atoms with Crippen molar-refractivity contribution in [2.75, 3.05) is 6.54 Å². The summed E-state index contributed by atoms with van der Waals surface area (Å²) in [6, 6.07) is 4.81. The van der Waals surface area contributed by atoms with Gasteiger partial charge in [-0.1, -0.05) is 44.4 Å². The second kappa shape index (κ2) is 10.9. The van der Waals surface area contributed by atoms with Crippen LogP contribution in [0, 0.1) is 0 Å². The van der Waals surface area contributed by atoms with Gasteiger partial charge in [0, 0.05) is 0 Å². The molecule has 5 heteroatoms. The normalized spacial score (nSPS) is 13.3. The first-order valence-electron chi connectivity index (χ1n) is 8.11. The summed E-state index contributed by atoms with van der Waals surface area (Å²) in [5.74, 6) is 0.102. The van der Waals surface area contributed by atoms with Gasteiger partial charge in [-0.05, 0) is 49.7 Å². The highest BCUT2D eigenvalue weighted by Gasteiger charge is 2.14. The van der Waals surface area contributed by atoms with Crippen LogP contribution in [0.3, 0.4) is 0 Å². The number of hydrogen-bond donors (Lipinski definition) is 2. The number of aromatic hydroxyl groups is 1. The van der Waals surface area contributed by atoms with Crippen LogP contribution in [0.1, 0.15) is 19.4 Å². The van der Waals surface area contributed by atoms with Gasteiger partial charge < -0.3 is 10.4 Å². The van der Waals surface area contributed by atoms with Crippen LogP contribution < -0.4 is 5.32 Å². The van der Waals surface area contributed by atoms with Crippen molar-refractivity contribution in [2.24, 2.45) is 10.2 Å². The van der Waals surface area contributed by atoms with E-state index in [1.54, 1.807) is 55.5 Å². The standard InChI is InChI=1S/C20H25N3O2/c1-5-8-10-17(9-6-2)22-23-19-14-16(11-12-20(19)25)13-18(15(4)24)21-7-3/h5-6,8-12,14,18,21,25H,1-2,7,13H2,3-4H3/b10-8-,17-9+,23-22?. The Hall–Kier alpha value is -2.79. The van der Waals surface area contributed by atoms with Crippen molar-refractivity contribution in [2.45, 2.75) is 26.3 Å². The lowest BCUT2D eigenvalue weighted by Gasteiger charge is -2.15. The van der Waals surface area contributed by atoms with Crippen molar-refractivity contribution in [3.63, 3.8) is 0 Å². The number of nitrogens with one attached hydrogen (secondary N) is 1. The van der Waals surface area contributed by atoms with E-state index in [4.69, 9.17) is 0 Å². The quantitative estimate of drug-likeness (QED) is 0.490. The van der Waals surface area contributed by atoms with E-state index in [2.05, 4.69) is 28.7 Å². The van der Waals surface area contributed by atoms with E-state index in [1.165, 1.54) is 0 Å². The summed E-state index contributed by atoms with van der Waals surface area (Å²) < 4.78 is 0. The molecule has 1 rings (SSSR count). The van der Waals surface area contributed by atoms with Crippen molar-refractivity contribution in [1.29, 1.82) is 0 Å². The highest BCUT2D eigenvalue weighted by Crippen LogP contribution is 2.28. The molecule has 0 aliphatic carbocycles. The zero-order chi connectivity index (χ0) is 18.7. The smallest absolute Gasteiger partial charge is 0.147 e. The van der Waals surface area contributed by atoms with Crippen molar-refractivity contribution in [1.82, 2.24) is 5.32 Å². The number of phenols is 1. The zero-order valence-electron chi connectivity index (χ0n) is 14.8. The van der Waals surface area contributed by atoms with E-state index in [1.807, 2.05) is 6.92 Å². The Morgan fingerprint density at radius 1 is 1.36 bits per heavy atom. The number of phenolic OH excluding ortho intramolecular Hbond substituents is 1. The van der Waals surface area contributed by atoms with Crippen LogP contribution in [0.5, 0.6) is 5.75 Å². The van der Waals surface area contributed by atoms with E-state index < -0.39 is 0 Å². The van der Waals surface area contributed by atoms with E-state index in [0.717, 1.165) is 5.56 Å². The minimum Gasteiger partial charge on any atom is -0.506 e. The fraction of sp³-hybridized carbons (Fsp3) is 0.250. The number of allylic oxidation sites excluding steroid dienone is 5. The van der Waals surface area contributed by atoms with Crippen molar-refractivity contribution < 1.29 is 9.90 Å². The van der Waals surface area contributed by atoms with Crippen LogP contribution in [0.15, 0.2) is 77.7 Å².